The van der Waals surface area contributed by atoms with E-state index in [4.69, 9.17) is 14.6 Å². The molecule has 3 atom stereocenters. The summed E-state index contributed by atoms with van der Waals surface area (Å²) in [5.41, 5.74) is 0.815. The molecule has 0 bridgehead atoms. The highest BCUT2D eigenvalue weighted by Gasteiger charge is 2.25. The van der Waals surface area contributed by atoms with E-state index in [0.29, 0.717) is 6.61 Å². The van der Waals surface area contributed by atoms with Gasteiger partial charge < -0.3 is 19.9 Å². The first-order chi connectivity index (χ1) is 13.3. The number of carboxylic acid groups (broad SMARTS) is 1. The largest absolute Gasteiger partial charge is 0.478 e. The van der Waals surface area contributed by atoms with Crippen LogP contribution in [0.1, 0.15) is 31.7 Å². The Bertz CT molecular complexity index is 673. The van der Waals surface area contributed by atoms with E-state index in [1.807, 2.05) is 18.2 Å². The number of rotatable bonds is 12. The van der Waals surface area contributed by atoms with Gasteiger partial charge >= 0.3 is 11.9 Å². The van der Waals surface area contributed by atoms with E-state index in [9.17, 15) is 14.4 Å². The van der Waals surface area contributed by atoms with Crippen molar-refractivity contribution >= 4 is 17.8 Å². The molecule has 1 aromatic carbocycles. The second-order valence-electron chi connectivity index (χ2n) is 6.73. The number of ether oxygens (including phenoxy) is 2. The van der Waals surface area contributed by atoms with Crippen molar-refractivity contribution in [3.63, 3.8) is 0 Å². The lowest BCUT2D eigenvalue weighted by molar-refractivity contribution is -0.146. The molecular formula is C21H29NO6. The quantitative estimate of drug-likeness (QED) is 0.322. The monoisotopic (exact) mass is 391 g/mol. The molecule has 0 saturated carbocycles. The molecule has 0 fully saturated rings. The van der Waals surface area contributed by atoms with E-state index in [2.05, 4.69) is 11.9 Å². The molecule has 0 aromatic heterocycles. The van der Waals surface area contributed by atoms with Crippen LogP contribution in [0.15, 0.2) is 42.5 Å². The summed E-state index contributed by atoms with van der Waals surface area (Å²) < 4.78 is 10.1. The lowest BCUT2D eigenvalue weighted by atomic mass is 9.87. The summed E-state index contributed by atoms with van der Waals surface area (Å²) in [6.07, 6.45) is 0.133. The lowest BCUT2D eigenvalue weighted by Gasteiger charge is -2.21. The number of aliphatic carboxylic acids is 1. The summed E-state index contributed by atoms with van der Waals surface area (Å²) in [6, 6.07) is 9.07. The zero-order valence-electron chi connectivity index (χ0n) is 16.6. The van der Waals surface area contributed by atoms with Gasteiger partial charge in [0.25, 0.3) is 0 Å². The van der Waals surface area contributed by atoms with Gasteiger partial charge in [0.2, 0.25) is 5.91 Å². The predicted octanol–water partition coefficient (Wildman–Crippen LogP) is 2.38. The van der Waals surface area contributed by atoms with E-state index in [0.717, 1.165) is 5.56 Å². The molecular weight excluding hydrogens is 362 g/mol. The Morgan fingerprint density at radius 2 is 1.79 bits per heavy atom. The number of nitrogens with one attached hydrogen (secondary N) is 1. The minimum atomic E-state index is -1.07. The Morgan fingerprint density at radius 1 is 1.14 bits per heavy atom. The fourth-order valence-electron chi connectivity index (χ4n) is 2.64. The van der Waals surface area contributed by atoms with Crippen molar-refractivity contribution in [3.8, 4) is 0 Å². The van der Waals surface area contributed by atoms with E-state index in [1.54, 1.807) is 26.0 Å². The maximum Gasteiger partial charge on any atom is 0.331 e. The third-order valence-electron chi connectivity index (χ3n) is 4.71. The topological polar surface area (TPSA) is 102 Å². The average Bonchev–Trinajstić information content (AvgIpc) is 2.67. The van der Waals surface area contributed by atoms with Gasteiger partial charge in [-0.3, -0.25) is 9.59 Å². The predicted molar refractivity (Wildman–Crippen MR) is 105 cm³/mol. The van der Waals surface area contributed by atoms with Crippen LogP contribution in [0.3, 0.4) is 0 Å². The van der Waals surface area contributed by atoms with E-state index in [-0.39, 0.29) is 42.9 Å². The van der Waals surface area contributed by atoms with Crippen LogP contribution < -0.4 is 5.32 Å². The fourth-order valence-corrected chi connectivity index (χ4v) is 2.64. The van der Waals surface area contributed by atoms with Gasteiger partial charge in [0, 0.05) is 25.6 Å². The maximum absolute atomic E-state index is 12.4. The van der Waals surface area contributed by atoms with Crippen molar-refractivity contribution in [1.29, 1.82) is 0 Å². The van der Waals surface area contributed by atoms with Crippen LogP contribution in [-0.4, -0.2) is 49.8 Å². The van der Waals surface area contributed by atoms with Gasteiger partial charge in [-0.15, -0.1) is 0 Å². The minimum absolute atomic E-state index is 0.0733. The van der Waals surface area contributed by atoms with Gasteiger partial charge in [-0.05, 0) is 17.4 Å². The Hall–Kier alpha value is -2.67. The van der Waals surface area contributed by atoms with Crippen molar-refractivity contribution in [1.82, 2.24) is 5.32 Å². The third kappa shape index (κ3) is 7.52. The molecule has 0 aliphatic carbocycles. The van der Waals surface area contributed by atoms with Crippen LogP contribution in [-0.2, 0) is 23.9 Å². The molecule has 7 heteroatoms. The van der Waals surface area contributed by atoms with E-state index >= 15 is 0 Å². The molecule has 2 N–H and O–H groups in total. The van der Waals surface area contributed by atoms with Crippen molar-refractivity contribution in [2.24, 2.45) is 11.8 Å². The second-order valence-corrected chi connectivity index (χ2v) is 6.73. The van der Waals surface area contributed by atoms with E-state index in [1.165, 1.54) is 7.11 Å². The zero-order chi connectivity index (χ0) is 21.1. The van der Waals surface area contributed by atoms with Gasteiger partial charge in [0.1, 0.15) is 6.61 Å². The number of methoxy groups -OCH3 is 1. The summed E-state index contributed by atoms with van der Waals surface area (Å²) >= 11 is 0. The number of esters is 1. The number of hydrogen-bond donors (Lipinski definition) is 2. The van der Waals surface area contributed by atoms with Crippen molar-refractivity contribution in [2.45, 2.75) is 26.2 Å². The molecule has 0 aliphatic rings. The third-order valence-corrected chi connectivity index (χ3v) is 4.71. The maximum atomic E-state index is 12.4. The lowest BCUT2D eigenvalue weighted by Crippen LogP contribution is -2.34. The molecule has 0 radical (unpaired) electrons. The van der Waals surface area contributed by atoms with Gasteiger partial charge in [-0.25, -0.2) is 4.79 Å². The summed E-state index contributed by atoms with van der Waals surface area (Å²) in [5.74, 6) is -2.95. The highest BCUT2D eigenvalue weighted by molar-refractivity contribution is 5.86. The SMILES string of the molecule is C=C(C(=O)O)C(C)C(C)CC(=O)NCC(C(=O)OCCOC)c1ccccc1. The summed E-state index contributed by atoms with van der Waals surface area (Å²) in [7, 11) is 1.52. The Kier molecular flexibility index (Phi) is 9.95. The summed E-state index contributed by atoms with van der Waals surface area (Å²) in [5, 5.41) is 11.8. The molecule has 1 amide bonds. The van der Waals surface area contributed by atoms with Gasteiger partial charge in [0.05, 0.1) is 12.5 Å². The van der Waals surface area contributed by atoms with E-state index < -0.39 is 17.9 Å². The molecule has 0 saturated heterocycles. The smallest absolute Gasteiger partial charge is 0.331 e. The Balaban J connectivity index is 2.68. The number of carboxylic acids is 1. The van der Waals surface area contributed by atoms with Crippen LogP contribution in [0.2, 0.25) is 0 Å². The highest BCUT2D eigenvalue weighted by atomic mass is 16.6. The zero-order valence-corrected chi connectivity index (χ0v) is 16.6. The van der Waals surface area contributed by atoms with Gasteiger partial charge in [-0.1, -0.05) is 50.8 Å². The summed E-state index contributed by atoms with van der Waals surface area (Å²) in [4.78, 5) is 35.8. The standard InChI is InChI=1S/C21H29NO6/c1-14(15(2)16(3)20(24)25)12-19(23)22-13-18(17-8-6-5-7-9-17)21(26)28-11-10-27-4/h5-9,14-15,18H,3,10-13H2,1-2,4H3,(H,22,23)(H,24,25). The Morgan fingerprint density at radius 3 is 2.36 bits per heavy atom. The molecule has 154 valence electrons. The van der Waals surface area contributed by atoms with Gasteiger partial charge in [-0.2, -0.15) is 0 Å². The summed E-state index contributed by atoms with van der Waals surface area (Å²) in [6.45, 7) is 7.61. The average molecular weight is 391 g/mol. The van der Waals surface area contributed by atoms with Crippen molar-refractivity contribution in [2.75, 3.05) is 26.9 Å². The second kappa shape index (κ2) is 11.9. The Labute approximate surface area is 165 Å². The first-order valence-corrected chi connectivity index (χ1v) is 9.17. The molecule has 3 unspecified atom stereocenters. The molecule has 1 aromatic rings. The molecule has 28 heavy (non-hydrogen) atoms. The molecule has 0 heterocycles. The minimum Gasteiger partial charge on any atom is -0.478 e. The first-order valence-electron chi connectivity index (χ1n) is 9.17. The molecule has 7 nitrogen and oxygen atoms in total. The number of carbonyl (C=O) groups is 3. The normalized spacial score (nSPS) is 13.8. The number of hydrogen-bond acceptors (Lipinski definition) is 5. The van der Waals surface area contributed by atoms with Crippen LogP contribution in [0, 0.1) is 11.8 Å². The van der Waals surface area contributed by atoms with Crippen molar-refractivity contribution in [3.05, 3.63) is 48.0 Å². The van der Waals surface area contributed by atoms with Crippen LogP contribution >= 0.6 is 0 Å². The van der Waals surface area contributed by atoms with Crippen molar-refractivity contribution < 1.29 is 29.0 Å². The molecule has 0 spiro atoms. The van der Waals surface area contributed by atoms with Crippen LogP contribution in [0.4, 0.5) is 0 Å². The highest BCUT2D eigenvalue weighted by Crippen LogP contribution is 2.22. The molecule has 0 aliphatic heterocycles. The van der Waals surface area contributed by atoms with Crippen LogP contribution in [0.5, 0.6) is 0 Å². The number of carbonyl (C=O) groups excluding carboxylic acids is 2. The number of amides is 1. The van der Waals surface area contributed by atoms with Crippen LogP contribution in [0.25, 0.3) is 0 Å². The number of benzene rings is 1. The first kappa shape index (κ1) is 23.4. The van der Waals surface area contributed by atoms with Gasteiger partial charge in [0.15, 0.2) is 0 Å². The fraction of sp³-hybridized carbons (Fsp3) is 0.476. The molecule has 1 rings (SSSR count).